The number of aliphatic hydroxyl groups is 1. The molecule has 1 fully saturated rings. The monoisotopic (exact) mass is 214 g/mol. The molecule has 88 valence electrons. The molecule has 15 heavy (non-hydrogen) atoms. The van der Waals surface area contributed by atoms with Crippen molar-refractivity contribution in [2.24, 2.45) is 5.41 Å². The Hall–Kier alpha value is -0.610. The van der Waals surface area contributed by atoms with E-state index in [0.717, 1.165) is 13.1 Å². The lowest BCUT2D eigenvalue weighted by Crippen LogP contribution is -2.46. The van der Waals surface area contributed by atoms with Gasteiger partial charge in [-0.1, -0.05) is 13.8 Å². The quantitative estimate of drug-likeness (QED) is 0.712. The standard InChI is InChI=1S/C11H22N2O2/c1-5-13-8-11(2,3)7-12(4)9(6-14)10(13)15/h9,14H,5-8H2,1-4H3. The minimum absolute atomic E-state index is 0.0491. The largest absolute Gasteiger partial charge is 0.394 e. The molecule has 1 aliphatic heterocycles. The highest BCUT2D eigenvalue weighted by molar-refractivity contribution is 5.82. The van der Waals surface area contributed by atoms with E-state index < -0.39 is 0 Å². The normalized spacial score (nSPS) is 27.9. The molecule has 0 bridgehead atoms. The molecular weight excluding hydrogens is 192 g/mol. The first kappa shape index (κ1) is 12.5. The van der Waals surface area contributed by atoms with E-state index in [2.05, 4.69) is 13.8 Å². The van der Waals surface area contributed by atoms with Crippen molar-refractivity contribution in [2.75, 3.05) is 33.3 Å². The molecule has 1 N–H and O–H groups in total. The molecule has 1 atom stereocenters. The molecular formula is C11H22N2O2. The highest BCUT2D eigenvalue weighted by atomic mass is 16.3. The van der Waals surface area contributed by atoms with Gasteiger partial charge in [0.15, 0.2) is 0 Å². The Bertz CT molecular complexity index is 241. The average Bonchev–Trinajstić information content (AvgIpc) is 2.21. The van der Waals surface area contributed by atoms with Crippen LogP contribution in [0.5, 0.6) is 0 Å². The molecule has 1 unspecified atom stereocenters. The Labute approximate surface area is 91.9 Å². The smallest absolute Gasteiger partial charge is 0.242 e. The molecule has 0 aromatic heterocycles. The van der Waals surface area contributed by atoms with Crippen molar-refractivity contribution in [3.63, 3.8) is 0 Å². The fourth-order valence-corrected chi connectivity index (χ4v) is 2.31. The van der Waals surface area contributed by atoms with Crippen molar-refractivity contribution >= 4 is 5.91 Å². The summed E-state index contributed by atoms with van der Waals surface area (Å²) in [5.41, 5.74) is 0.0876. The van der Waals surface area contributed by atoms with E-state index in [4.69, 9.17) is 0 Å². The van der Waals surface area contributed by atoms with E-state index in [1.54, 1.807) is 0 Å². The molecule has 0 aromatic rings. The highest BCUT2D eigenvalue weighted by Crippen LogP contribution is 2.23. The van der Waals surface area contributed by atoms with E-state index in [1.165, 1.54) is 0 Å². The predicted octanol–water partition coefficient (Wildman–Crippen LogP) is 0.167. The number of amides is 1. The molecule has 1 rings (SSSR count). The van der Waals surface area contributed by atoms with Crippen molar-refractivity contribution in [3.8, 4) is 0 Å². The fourth-order valence-electron chi connectivity index (χ4n) is 2.31. The fraction of sp³-hybridized carbons (Fsp3) is 0.909. The maximum absolute atomic E-state index is 12.0. The molecule has 1 amide bonds. The van der Waals surface area contributed by atoms with Crippen molar-refractivity contribution in [1.29, 1.82) is 0 Å². The second-order valence-electron chi connectivity index (χ2n) is 5.13. The molecule has 0 aliphatic carbocycles. The van der Waals surface area contributed by atoms with Crippen LogP contribution in [-0.2, 0) is 4.79 Å². The van der Waals surface area contributed by atoms with Gasteiger partial charge in [-0.3, -0.25) is 9.69 Å². The van der Waals surface area contributed by atoms with Gasteiger partial charge in [-0.2, -0.15) is 0 Å². The second kappa shape index (κ2) is 4.49. The first-order valence-corrected chi connectivity index (χ1v) is 5.51. The van der Waals surface area contributed by atoms with Crippen LogP contribution in [0, 0.1) is 5.41 Å². The van der Waals surface area contributed by atoms with Crippen LogP contribution < -0.4 is 0 Å². The molecule has 0 spiro atoms. The number of hydrogen-bond acceptors (Lipinski definition) is 3. The summed E-state index contributed by atoms with van der Waals surface area (Å²) in [7, 11) is 1.90. The van der Waals surface area contributed by atoms with Gasteiger partial charge in [-0.25, -0.2) is 0 Å². The molecule has 4 nitrogen and oxygen atoms in total. The van der Waals surface area contributed by atoms with E-state index in [-0.39, 0.29) is 24.0 Å². The van der Waals surface area contributed by atoms with Gasteiger partial charge in [0, 0.05) is 19.6 Å². The van der Waals surface area contributed by atoms with Crippen LogP contribution >= 0.6 is 0 Å². The van der Waals surface area contributed by atoms with Crippen LogP contribution in [0.4, 0.5) is 0 Å². The van der Waals surface area contributed by atoms with E-state index >= 15 is 0 Å². The lowest BCUT2D eigenvalue weighted by atomic mass is 9.93. The Balaban J connectivity index is 2.92. The summed E-state index contributed by atoms with van der Waals surface area (Å²) in [6, 6.07) is -0.369. The molecule has 1 aliphatic rings. The molecule has 1 saturated heterocycles. The Kier molecular flexibility index (Phi) is 3.73. The first-order valence-electron chi connectivity index (χ1n) is 5.51. The highest BCUT2D eigenvalue weighted by Gasteiger charge is 2.36. The lowest BCUT2D eigenvalue weighted by molar-refractivity contribution is -0.136. The van der Waals surface area contributed by atoms with Crippen LogP contribution in [0.15, 0.2) is 0 Å². The first-order chi connectivity index (χ1) is 6.91. The lowest BCUT2D eigenvalue weighted by Gasteiger charge is -2.29. The second-order valence-corrected chi connectivity index (χ2v) is 5.13. The minimum Gasteiger partial charge on any atom is -0.394 e. The minimum atomic E-state index is -0.369. The van der Waals surface area contributed by atoms with E-state index in [0.29, 0.717) is 6.54 Å². The maximum atomic E-state index is 12.0. The van der Waals surface area contributed by atoms with Gasteiger partial charge in [0.2, 0.25) is 5.91 Å². The number of carbonyl (C=O) groups is 1. The third kappa shape index (κ3) is 2.69. The summed E-state index contributed by atoms with van der Waals surface area (Å²) in [5.74, 6) is 0.0491. The third-order valence-corrected chi connectivity index (χ3v) is 2.98. The van der Waals surface area contributed by atoms with Gasteiger partial charge in [-0.05, 0) is 19.4 Å². The zero-order valence-corrected chi connectivity index (χ0v) is 10.2. The van der Waals surface area contributed by atoms with Gasteiger partial charge in [-0.15, -0.1) is 0 Å². The summed E-state index contributed by atoms with van der Waals surface area (Å²) in [5, 5.41) is 9.25. The molecule has 4 heteroatoms. The number of likely N-dealkylation sites (N-methyl/N-ethyl adjacent to an activating group) is 2. The summed E-state index contributed by atoms with van der Waals surface area (Å²) in [6.45, 7) is 8.50. The zero-order valence-electron chi connectivity index (χ0n) is 10.2. The summed E-state index contributed by atoms with van der Waals surface area (Å²) < 4.78 is 0. The molecule has 1 heterocycles. The number of aliphatic hydroxyl groups excluding tert-OH is 1. The van der Waals surface area contributed by atoms with Crippen LogP contribution in [0.2, 0.25) is 0 Å². The summed E-state index contributed by atoms with van der Waals surface area (Å²) >= 11 is 0. The van der Waals surface area contributed by atoms with Crippen molar-refractivity contribution in [3.05, 3.63) is 0 Å². The van der Waals surface area contributed by atoms with Crippen molar-refractivity contribution in [2.45, 2.75) is 26.8 Å². The molecule has 0 saturated carbocycles. The number of nitrogens with zero attached hydrogens (tertiary/aromatic N) is 2. The zero-order chi connectivity index (χ0) is 11.6. The van der Waals surface area contributed by atoms with Gasteiger partial charge < -0.3 is 10.0 Å². The summed E-state index contributed by atoms with van der Waals surface area (Å²) in [6.07, 6.45) is 0. The Morgan fingerprint density at radius 2 is 2.07 bits per heavy atom. The SMILES string of the molecule is CCN1CC(C)(C)CN(C)C(CO)C1=O. The van der Waals surface area contributed by atoms with Gasteiger partial charge >= 0.3 is 0 Å². The van der Waals surface area contributed by atoms with Crippen LogP contribution in [0.25, 0.3) is 0 Å². The van der Waals surface area contributed by atoms with E-state index in [1.807, 2.05) is 23.8 Å². The van der Waals surface area contributed by atoms with Gasteiger partial charge in [0.1, 0.15) is 6.04 Å². The predicted molar refractivity (Wildman–Crippen MR) is 59.5 cm³/mol. The van der Waals surface area contributed by atoms with Crippen molar-refractivity contribution < 1.29 is 9.90 Å². The van der Waals surface area contributed by atoms with Gasteiger partial charge in [0.05, 0.1) is 6.61 Å². The van der Waals surface area contributed by atoms with Crippen LogP contribution in [0.1, 0.15) is 20.8 Å². The molecule has 0 aromatic carbocycles. The average molecular weight is 214 g/mol. The molecule has 0 radical (unpaired) electrons. The third-order valence-electron chi connectivity index (χ3n) is 2.98. The summed E-state index contributed by atoms with van der Waals surface area (Å²) in [4.78, 5) is 15.8. The van der Waals surface area contributed by atoms with Crippen LogP contribution in [-0.4, -0.2) is 60.1 Å². The van der Waals surface area contributed by atoms with E-state index in [9.17, 15) is 9.90 Å². The van der Waals surface area contributed by atoms with Gasteiger partial charge in [0.25, 0.3) is 0 Å². The number of rotatable bonds is 2. The number of hydrogen-bond donors (Lipinski definition) is 1. The Morgan fingerprint density at radius 1 is 1.47 bits per heavy atom. The van der Waals surface area contributed by atoms with Crippen LogP contribution in [0.3, 0.4) is 0 Å². The Morgan fingerprint density at radius 3 is 2.53 bits per heavy atom. The maximum Gasteiger partial charge on any atom is 0.242 e. The topological polar surface area (TPSA) is 43.8 Å². The van der Waals surface area contributed by atoms with Crippen molar-refractivity contribution in [1.82, 2.24) is 9.80 Å². The number of carbonyl (C=O) groups excluding carboxylic acids is 1.